The summed E-state index contributed by atoms with van der Waals surface area (Å²) in [4.78, 5) is 42.7. The zero-order valence-electron chi connectivity index (χ0n) is 17.5. The van der Waals surface area contributed by atoms with Gasteiger partial charge >= 0.3 is 6.18 Å². The molecule has 0 radical (unpaired) electrons. The predicted molar refractivity (Wildman–Crippen MR) is 116 cm³/mol. The van der Waals surface area contributed by atoms with Gasteiger partial charge in [-0.2, -0.15) is 13.2 Å². The highest BCUT2D eigenvalue weighted by Crippen LogP contribution is 2.30. The second-order valence-electron chi connectivity index (χ2n) is 7.32. The van der Waals surface area contributed by atoms with Crippen molar-refractivity contribution in [3.05, 3.63) is 57.0 Å². The van der Waals surface area contributed by atoms with Gasteiger partial charge in [0, 0.05) is 11.7 Å². The number of thiophene rings is 1. The molecule has 0 aliphatic heterocycles. The summed E-state index contributed by atoms with van der Waals surface area (Å²) in [6, 6.07) is 4.18. The normalized spacial score (nSPS) is 12.6. The molecule has 3 aromatic rings. The number of hydrogen-bond donors (Lipinski definition) is 2. The van der Waals surface area contributed by atoms with E-state index in [0.717, 1.165) is 34.5 Å². The maximum absolute atomic E-state index is 12.9. The molecule has 0 saturated carbocycles. The van der Waals surface area contributed by atoms with Crippen LogP contribution in [0.4, 0.5) is 18.9 Å². The van der Waals surface area contributed by atoms with Crippen molar-refractivity contribution in [2.45, 2.75) is 46.0 Å². The van der Waals surface area contributed by atoms with Crippen LogP contribution >= 0.6 is 11.3 Å². The Kier molecular flexibility index (Phi) is 6.68. The molecule has 1 atom stereocenters. The number of nitrogens with one attached hydrogen (secondary N) is 2. The molecule has 2 aromatic heterocycles. The summed E-state index contributed by atoms with van der Waals surface area (Å²) in [6.07, 6.45) is -2.60. The second-order valence-corrected chi connectivity index (χ2v) is 8.32. The number of amides is 2. The minimum absolute atomic E-state index is 0.0312. The Balaban J connectivity index is 1.83. The van der Waals surface area contributed by atoms with Crippen molar-refractivity contribution >= 4 is 39.1 Å². The number of aryl methyl sites for hydroxylation is 1. The lowest BCUT2D eigenvalue weighted by molar-refractivity contribution is -0.137. The predicted octanol–water partition coefficient (Wildman–Crippen LogP) is 3.95. The molecule has 2 N–H and O–H groups in total. The van der Waals surface area contributed by atoms with Crippen molar-refractivity contribution < 1.29 is 22.8 Å². The Hall–Kier alpha value is -3.21. The van der Waals surface area contributed by atoms with E-state index in [-0.39, 0.29) is 23.0 Å². The van der Waals surface area contributed by atoms with E-state index in [9.17, 15) is 27.6 Å². The maximum atomic E-state index is 12.9. The van der Waals surface area contributed by atoms with Gasteiger partial charge in [-0.25, -0.2) is 4.98 Å². The average molecular weight is 466 g/mol. The molecule has 7 nitrogen and oxygen atoms in total. The Morgan fingerprint density at radius 2 is 2.00 bits per heavy atom. The van der Waals surface area contributed by atoms with E-state index >= 15 is 0 Å². The highest BCUT2D eigenvalue weighted by atomic mass is 32.1. The number of anilines is 1. The number of carbonyl (C=O) groups excluding carboxylic acids is 2. The second kappa shape index (κ2) is 9.11. The van der Waals surface area contributed by atoms with Gasteiger partial charge in [-0.1, -0.05) is 13.0 Å². The summed E-state index contributed by atoms with van der Waals surface area (Å²) < 4.78 is 39.6. The number of aromatic nitrogens is 2. The third kappa shape index (κ3) is 4.98. The molecule has 11 heteroatoms. The lowest BCUT2D eigenvalue weighted by Crippen LogP contribution is -2.31. The van der Waals surface area contributed by atoms with Gasteiger partial charge in [0.05, 0.1) is 22.2 Å². The Bertz CT molecular complexity index is 1230. The molecule has 3 rings (SSSR count). The van der Waals surface area contributed by atoms with Crippen LogP contribution in [-0.2, 0) is 17.5 Å². The molecule has 170 valence electrons. The molecular formula is C21H21F3N4O3S. The SMILES string of the molecule is CCC(C)NC(=O)c1sc2ncn(CC(=O)Nc3cccc(C(F)(F)F)c3)c(=O)c2c1C. The fourth-order valence-corrected chi connectivity index (χ4v) is 4.05. The average Bonchev–Trinajstić information content (AvgIpc) is 3.06. The number of rotatable bonds is 6. The molecule has 32 heavy (non-hydrogen) atoms. The van der Waals surface area contributed by atoms with Gasteiger partial charge < -0.3 is 10.6 Å². The van der Waals surface area contributed by atoms with Gasteiger partial charge in [0.1, 0.15) is 11.4 Å². The van der Waals surface area contributed by atoms with E-state index in [1.54, 1.807) is 6.92 Å². The third-order valence-corrected chi connectivity index (χ3v) is 6.10. The van der Waals surface area contributed by atoms with Gasteiger partial charge in [-0.3, -0.25) is 19.0 Å². The highest BCUT2D eigenvalue weighted by molar-refractivity contribution is 7.20. The summed E-state index contributed by atoms with van der Waals surface area (Å²) in [5, 5.41) is 5.44. The van der Waals surface area contributed by atoms with Crippen molar-refractivity contribution in [1.29, 1.82) is 0 Å². The largest absolute Gasteiger partial charge is 0.416 e. The lowest BCUT2D eigenvalue weighted by atomic mass is 10.2. The van der Waals surface area contributed by atoms with E-state index in [1.165, 1.54) is 18.5 Å². The van der Waals surface area contributed by atoms with Crippen LogP contribution in [-0.4, -0.2) is 27.4 Å². The highest BCUT2D eigenvalue weighted by Gasteiger charge is 2.30. The summed E-state index contributed by atoms with van der Waals surface area (Å²) in [5.74, 6) is -0.983. The van der Waals surface area contributed by atoms with Gasteiger partial charge in [0.15, 0.2) is 0 Å². The van der Waals surface area contributed by atoms with Crippen LogP contribution in [0.1, 0.15) is 41.1 Å². The van der Waals surface area contributed by atoms with Crippen LogP contribution in [0.25, 0.3) is 10.2 Å². The molecular weight excluding hydrogens is 445 g/mol. The number of fused-ring (bicyclic) bond motifs is 1. The molecule has 0 fully saturated rings. The first kappa shape index (κ1) is 23.5. The van der Waals surface area contributed by atoms with Gasteiger partial charge in [-0.15, -0.1) is 11.3 Å². The number of benzene rings is 1. The maximum Gasteiger partial charge on any atom is 0.416 e. The standard InChI is InChI=1S/C21H21F3N4O3S/c1-4-11(2)26-18(30)17-12(3)16-19(32-17)25-10-28(20(16)31)9-15(29)27-14-7-5-6-13(8-14)21(22,23)24/h5-8,10-11H,4,9H2,1-3H3,(H,26,30)(H,27,29). The van der Waals surface area contributed by atoms with E-state index in [0.29, 0.717) is 15.3 Å². The fourth-order valence-electron chi connectivity index (χ4n) is 3.01. The van der Waals surface area contributed by atoms with Crippen molar-refractivity contribution in [3.63, 3.8) is 0 Å². The van der Waals surface area contributed by atoms with Gasteiger partial charge in [0.2, 0.25) is 5.91 Å². The first-order valence-corrected chi connectivity index (χ1v) is 10.6. The Morgan fingerprint density at radius 3 is 2.66 bits per heavy atom. The monoisotopic (exact) mass is 466 g/mol. The number of nitrogens with zero attached hydrogens (tertiary/aromatic N) is 2. The summed E-state index contributed by atoms with van der Waals surface area (Å²) >= 11 is 1.09. The molecule has 2 heterocycles. The number of alkyl halides is 3. The number of hydrogen-bond acceptors (Lipinski definition) is 5. The van der Waals surface area contributed by atoms with Crippen LogP contribution in [0.15, 0.2) is 35.4 Å². The zero-order valence-corrected chi connectivity index (χ0v) is 18.4. The van der Waals surface area contributed by atoms with Crippen LogP contribution in [0.2, 0.25) is 0 Å². The molecule has 0 aliphatic carbocycles. The molecule has 1 unspecified atom stereocenters. The van der Waals surface area contributed by atoms with Crippen molar-refractivity contribution in [2.75, 3.05) is 5.32 Å². The number of halogens is 3. The van der Waals surface area contributed by atoms with Crippen LogP contribution in [0.3, 0.4) is 0 Å². The summed E-state index contributed by atoms with van der Waals surface area (Å²) in [6.45, 7) is 5.00. The molecule has 0 saturated heterocycles. The number of carbonyl (C=O) groups is 2. The lowest BCUT2D eigenvalue weighted by Gasteiger charge is -2.11. The third-order valence-electron chi connectivity index (χ3n) is 4.90. The molecule has 0 spiro atoms. The first-order chi connectivity index (χ1) is 15.0. The summed E-state index contributed by atoms with van der Waals surface area (Å²) in [5.41, 5.74) is -0.975. The minimum atomic E-state index is -4.54. The Labute approximate surface area is 185 Å². The fraction of sp³-hybridized carbons (Fsp3) is 0.333. The smallest absolute Gasteiger partial charge is 0.349 e. The quantitative estimate of drug-likeness (QED) is 0.575. The van der Waals surface area contributed by atoms with Crippen LogP contribution in [0, 0.1) is 6.92 Å². The van der Waals surface area contributed by atoms with E-state index in [4.69, 9.17) is 0 Å². The van der Waals surface area contributed by atoms with Crippen molar-refractivity contribution in [1.82, 2.24) is 14.9 Å². The molecule has 2 amide bonds. The van der Waals surface area contributed by atoms with E-state index in [2.05, 4.69) is 15.6 Å². The zero-order chi connectivity index (χ0) is 23.6. The summed E-state index contributed by atoms with van der Waals surface area (Å²) in [7, 11) is 0. The van der Waals surface area contributed by atoms with Crippen LogP contribution < -0.4 is 16.2 Å². The molecule has 1 aromatic carbocycles. The minimum Gasteiger partial charge on any atom is -0.349 e. The van der Waals surface area contributed by atoms with Crippen molar-refractivity contribution in [3.8, 4) is 0 Å². The Morgan fingerprint density at radius 1 is 1.28 bits per heavy atom. The van der Waals surface area contributed by atoms with Gasteiger partial charge in [-0.05, 0) is 44.0 Å². The van der Waals surface area contributed by atoms with E-state index in [1.807, 2.05) is 13.8 Å². The van der Waals surface area contributed by atoms with Crippen LogP contribution in [0.5, 0.6) is 0 Å². The van der Waals surface area contributed by atoms with Gasteiger partial charge in [0.25, 0.3) is 11.5 Å². The topological polar surface area (TPSA) is 93.1 Å². The first-order valence-electron chi connectivity index (χ1n) is 9.77. The molecule has 0 bridgehead atoms. The van der Waals surface area contributed by atoms with E-state index < -0.39 is 29.8 Å². The molecule has 0 aliphatic rings. The van der Waals surface area contributed by atoms with Crippen molar-refractivity contribution in [2.24, 2.45) is 0 Å².